The second-order valence-electron chi connectivity index (χ2n) is 1.40. The van der Waals surface area contributed by atoms with E-state index in [2.05, 4.69) is 17.0 Å². The van der Waals surface area contributed by atoms with Crippen molar-refractivity contribution in [2.24, 2.45) is 0 Å². The number of hydrogen-bond acceptors (Lipinski definition) is 3. The maximum absolute atomic E-state index is 10.2. The Morgan fingerprint density at radius 2 is 2.40 bits per heavy atom. The molecule has 0 amide bonds. The van der Waals surface area contributed by atoms with Gasteiger partial charge in [-0.3, -0.25) is 0 Å². The maximum atomic E-state index is 10.2. The van der Waals surface area contributed by atoms with Gasteiger partial charge in [0.2, 0.25) is 0 Å². The molecule has 0 rings (SSSR count). The molecule has 0 fully saturated rings. The van der Waals surface area contributed by atoms with Crippen molar-refractivity contribution in [3.8, 4) is 0 Å². The number of carbonyl (C=O) groups is 1. The summed E-state index contributed by atoms with van der Waals surface area (Å²) >= 11 is 4.06. The first-order valence-corrected chi connectivity index (χ1v) is 5.54. The van der Waals surface area contributed by atoms with Crippen molar-refractivity contribution >= 4 is 46.2 Å². The van der Waals surface area contributed by atoms with E-state index in [1.807, 2.05) is 5.82 Å². The van der Waals surface area contributed by atoms with Crippen molar-refractivity contribution in [2.75, 3.05) is 5.75 Å². The van der Waals surface area contributed by atoms with E-state index in [1.54, 1.807) is 0 Å². The van der Waals surface area contributed by atoms with Gasteiger partial charge >= 0.3 is 65.6 Å². The molecular weight excluding hydrogens is 241 g/mol. The largest absolute Gasteiger partial charge is 0.147 e. The number of halogens is 1. The first kappa shape index (κ1) is 13.2. The van der Waals surface area contributed by atoms with Gasteiger partial charge in [0, 0.05) is 0 Å². The number of nitrogens with one attached hydrogen (secondary N) is 1. The molecule has 0 saturated carbocycles. The Morgan fingerprint density at radius 3 is 2.50 bits per heavy atom. The Labute approximate surface area is 78.1 Å². The Hall–Kier alpha value is 0.589. The van der Waals surface area contributed by atoms with E-state index in [0.717, 1.165) is 0 Å². The molecule has 62 valence electrons. The molecule has 0 aliphatic rings. The molecule has 0 aliphatic heterocycles. The molecule has 0 radical (unpaired) electrons. The smallest absolute Gasteiger partial charge is 0.147 e. The zero-order chi connectivity index (χ0) is 7.28. The SMILES string of the molecule is C[Se]NC(CS)C(=O)O.Cl. The summed E-state index contributed by atoms with van der Waals surface area (Å²) in [6.07, 6.45) is 0. The average molecular weight is 251 g/mol. The summed E-state index contributed by atoms with van der Waals surface area (Å²) < 4.78 is 2.82. The molecule has 0 aromatic carbocycles. The standard InChI is InChI=1S/C4H9NO2SSe.ClH/c1-9-5-3(2-8)4(6)7;/h3,5,8H,2H2,1H3,(H,6,7);1H. The fourth-order valence-corrected chi connectivity index (χ4v) is 1.82. The molecule has 0 heterocycles. The quantitative estimate of drug-likeness (QED) is 0.488. The number of hydrogen-bond donors (Lipinski definition) is 3. The predicted octanol–water partition coefficient (Wildman–Crippen LogP) is 0.0481. The van der Waals surface area contributed by atoms with Crippen molar-refractivity contribution < 1.29 is 9.90 Å². The van der Waals surface area contributed by atoms with E-state index >= 15 is 0 Å². The fourth-order valence-electron chi connectivity index (χ4n) is 0.308. The summed E-state index contributed by atoms with van der Waals surface area (Å²) in [7, 11) is 0. The van der Waals surface area contributed by atoms with Gasteiger partial charge in [0.15, 0.2) is 0 Å². The van der Waals surface area contributed by atoms with Gasteiger partial charge in [-0.1, -0.05) is 0 Å². The molecule has 2 N–H and O–H groups in total. The zero-order valence-corrected chi connectivity index (χ0v) is 8.83. The Balaban J connectivity index is 0. The fraction of sp³-hybridized carbons (Fsp3) is 0.750. The number of carboxylic acids is 1. The maximum Gasteiger partial charge on any atom is -0.147 e. The van der Waals surface area contributed by atoms with Crippen molar-refractivity contribution in [3.63, 3.8) is 0 Å². The minimum atomic E-state index is -0.825. The number of thiol groups is 1. The van der Waals surface area contributed by atoms with Crippen molar-refractivity contribution in [1.82, 2.24) is 4.33 Å². The average Bonchev–Trinajstić information content (AvgIpc) is 1.82. The Kier molecular flexibility index (Phi) is 10.2. The van der Waals surface area contributed by atoms with Gasteiger partial charge < -0.3 is 0 Å². The van der Waals surface area contributed by atoms with Gasteiger partial charge in [-0.2, -0.15) is 0 Å². The van der Waals surface area contributed by atoms with Crippen LogP contribution in [0.4, 0.5) is 0 Å². The molecular formula is C4H10ClNO2SSe. The molecule has 3 nitrogen and oxygen atoms in total. The third-order valence-corrected chi connectivity index (χ3v) is 2.20. The zero-order valence-electron chi connectivity index (χ0n) is 5.40. The van der Waals surface area contributed by atoms with E-state index in [4.69, 9.17) is 5.11 Å². The van der Waals surface area contributed by atoms with Crippen LogP contribution in [0.5, 0.6) is 0 Å². The summed E-state index contributed by atoms with van der Waals surface area (Å²) in [6.45, 7) is 0. The molecule has 1 atom stereocenters. The molecule has 10 heavy (non-hydrogen) atoms. The molecule has 0 aromatic heterocycles. The van der Waals surface area contributed by atoms with E-state index in [0.29, 0.717) is 5.75 Å². The first-order chi connectivity index (χ1) is 4.22. The van der Waals surface area contributed by atoms with Crippen LogP contribution in [0.3, 0.4) is 0 Å². The van der Waals surface area contributed by atoms with E-state index in [9.17, 15) is 4.79 Å². The van der Waals surface area contributed by atoms with Crippen LogP contribution in [0.25, 0.3) is 0 Å². The van der Waals surface area contributed by atoms with E-state index in [-0.39, 0.29) is 27.6 Å². The van der Waals surface area contributed by atoms with Crippen molar-refractivity contribution in [3.05, 3.63) is 0 Å². The monoisotopic (exact) mass is 251 g/mol. The number of rotatable bonds is 4. The molecule has 0 aromatic rings. The molecule has 0 aliphatic carbocycles. The van der Waals surface area contributed by atoms with Gasteiger partial charge in [-0.15, -0.1) is 12.4 Å². The van der Waals surface area contributed by atoms with Gasteiger partial charge in [-0.05, 0) is 0 Å². The second-order valence-corrected chi connectivity index (χ2v) is 3.11. The molecule has 0 bridgehead atoms. The summed E-state index contributed by atoms with van der Waals surface area (Å²) in [4.78, 5) is 10.2. The van der Waals surface area contributed by atoms with E-state index in [1.165, 1.54) is 0 Å². The van der Waals surface area contributed by atoms with Crippen LogP contribution < -0.4 is 4.33 Å². The van der Waals surface area contributed by atoms with Gasteiger partial charge in [-0.25, -0.2) is 0 Å². The van der Waals surface area contributed by atoms with Gasteiger partial charge in [0.05, 0.1) is 0 Å². The van der Waals surface area contributed by atoms with Crippen molar-refractivity contribution in [2.45, 2.75) is 11.9 Å². The minimum absolute atomic E-state index is 0. The predicted molar refractivity (Wildman–Crippen MR) is 47.3 cm³/mol. The van der Waals surface area contributed by atoms with Crippen LogP contribution in [-0.2, 0) is 4.79 Å². The molecule has 6 heteroatoms. The minimum Gasteiger partial charge on any atom is -0.147 e. The number of aliphatic carboxylic acids is 1. The summed E-state index contributed by atoms with van der Waals surface area (Å²) in [5, 5.41) is 8.40. The van der Waals surface area contributed by atoms with Gasteiger partial charge in [0.1, 0.15) is 0 Å². The Bertz CT molecular complexity index is 105. The van der Waals surface area contributed by atoms with Crippen LogP contribution in [0.1, 0.15) is 0 Å². The van der Waals surface area contributed by atoms with E-state index < -0.39 is 12.0 Å². The van der Waals surface area contributed by atoms with Crippen LogP contribution in [0.2, 0.25) is 5.82 Å². The normalized spacial score (nSPS) is 11.8. The third-order valence-electron chi connectivity index (χ3n) is 0.741. The molecule has 0 spiro atoms. The van der Waals surface area contributed by atoms with Crippen LogP contribution in [-0.4, -0.2) is 38.0 Å². The first-order valence-electron chi connectivity index (χ1n) is 2.34. The van der Waals surface area contributed by atoms with Crippen LogP contribution in [0.15, 0.2) is 0 Å². The Morgan fingerprint density at radius 1 is 1.90 bits per heavy atom. The van der Waals surface area contributed by atoms with Crippen LogP contribution in [0, 0.1) is 0 Å². The third kappa shape index (κ3) is 5.38. The number of carboxylic acid groups (broad SMARTS) is 1. The van der Waals surface area contributed by atoms with Crippen molar-refractivity contribution in [1.29, 1.82) is 0 Å². The summed E-state index contributed by atoms with van der Waals surface area (Å²) in [5.74, 6) is 1.45. The molecule has 0 saturated heterocycles. The van der Waals surface area contributed by atoms with Gasteiger partial charge in [0.25, 0.3) is 0 Å². The topological polar surface area (TPSA) is 49.3 Å². The molecule has 1 unspecified atom stereocenters. The summed E-state index contributed by atoms with van der Waals surface area (Å²) in [5.41, 5.74) is 0. The summed E-state index contributed by atoms with van der Waals surface area (Å²) in [6, 6.07) is -0.474. The second kappa shape index (κ2) is 7.69. The van der Waals surface area contributed by atoms with Crippen LogP contribution >= 0.6 is 25.0 Å².